The van der Waals surface area contributed by atoms with Crippen molar-refractivity contribution in [2.24, 2.45) is 0 Å². The van der Waals surface area contributed by atoms with Crippen molar-refractivity contribution in [3.8, 4) is 0 Å². The quantitative estimate of drug-likeness (QED) is 0.869. The van der Waals surface area contributed by atoms with Gasteiger partial charge in [-0.15, -0.1) is 11.3 Å². The molecule has 18 heavy (non-hydrogen) atoms. The summed E-state index contributed by atoms with van der Waals surface area (Å²) < 4.78 is 0. The number of hydrogen-bond donors (Lipinski definition) is 1. The number of carbonyl (C=O) groups is 1. The lowest BCUT2D eigenvalue weighted by Gasteiger charge is -2.21. The Morgan fingerprint density at radius 3 is 2.72 bits per heavy atom. The van der Waals surface area contributed by atoms with E-state index in [-0.39, 0.29) is 6.42 Å². The van der Waals surface area contributed by atoms with Crippen molar-refractivity contribution in [1.29, 1.82) is 0 Å². The van der Waals surface area contributed by atoms with Gasteiger partial charge in [0.2, 0.25) is 0 Å². The molecule has 0 saturated heterocycles. The molecule has 2 rings (SSSR count). The first-order valence-corrected chi connectivity index (χ1v) is 6.54. The van der Waals surface area contributed by atoms with Gasteiger partial charge in [0.1, 0.15) is 0 Å². The minimum Gasteiger partial charge on any atom is -0.481 e. The highest BCUT2D eigenvalue weighted by atomic mass is 32.1. The van der Waals surface area contributed by atoms with Crippen molar-refractivity contribution in [2.45, 2.75) is 13.0 Å². The fourth-order valence-corrected chi connectivity index (χ4v) is 2.32. The number of hydrogen-bond acceptors (Lipinski definition) is 4. The van der Waals surface area contributed by atoms with Gasteiger partial charge in [0.25, 0.3) is 0 Å². The molecule has 1 aromatic carbocycles. The summed E-state index contributed by atoms with van der Waals surface area (Å²) in [7, 11) is 0. The largest absolute Gasteiger partial charge is 0.481 e. The normalized spacial score (nSPS) is 10.2. The van der Waals surface area contributed by atoms with E-state index < -0.39 is 5.97 Å². The molecule has 0 aliphatic rings. The molecule has 94 valence electrons. The molecular weight excluding hydrogens is 248 g/mol. The van der Waals surface area contributed by atoms with E-state index in [4.69, 9.17) is 5.11 Å². The van der Waals surface area contributed by atoms with Crippen LogP contribution in [0.4, 0.5) is 5.13 Å². The van der Waals surface area contributed by atoms with Gasteiger partial charge in [-0.25, -0.2) is 4.98 Å². The maximum atomic E-state index is 10.7. The molecule has 0 aliphatic carbocycles. The van der Waals surface area contributed by atoms with Crippen molar-refractivity contribution < 1.29 is 9.90 Å². The molecule has 0 bridgehead atoms. The van der Waals surface area contributed by atoms with E-state index >= 15 is 0 Å². The van der Waals surface area contributed by atoms with Gasteiger partial charge in [-0.3, -0.25) is 4.79 Å². The predicted molar refractivity (Wildman–Crippen MR) is 71.9 cm³/mol. The Balaban J connectivity index is 2.07. The Hall–Kier alpha value is -1.88. The Kier molecular flexibility index (Phi) is 4.30. The number of aromatic nitrogens is 1. The molecule has 0 radical (unpaired) electrons. The zero-order valence-corrected chi connectivity index (χ0v) is 10.6. The van der Waals surface area contributed by atoms with Crippen LogP contribution in [-0.2, 0) is 11.3 Å². The molecule has 5 heteroatoms. The molecule has 0 amide bonds. The summed E-state index contributed by atoms with van der Waals surface area (Å²) in [5, 5.41) is 11.5. The number of nitrogens with zero attached hydrogens (tertiary/aromatic N) is 2. The van der Waals surface area contributed by atoms with E-state index in [1.54, 1.807) is 6.20 Å². The molecule has 0 spiro atoms. The first-order valence-electron chi connectivity index (χ1n) is 5.66. The van der Waals surface area contributed by atoms with E-state index in [1.165, 1.54) is 11.3 Å². The second-order valence-corrected chi connectivity index (χ2v) is 4.74. The molecule has 0 atom stereocenters. The van der Waals surface area contributed by atoms with Crippen molar-refractivity contribution in [3.05, 3.63) is 47.5 Å². The number of benzene rings is 1. The van der Waals surface area contributed by atoms with Gasteiger partial charge < -0.3 is 10.0 Å². The summed E-state index contributed by atoms with van der Waals surface area (Å²) in [6, 6.07) is 9.98. The molecule has 0 saturated carbocycles. The first-order chi connectivity index (χ1) is 8.75. The van der Waals surface area contributed by atoms with E-state index in [9.17, 15) is 4.79 Å². The number of rotatable bonds is 6. The van der Waals surface area contributed by atoms with Crippen LogP contribution in [0.25, 0.3) is 0 Å². The number of anilines is 1. The van der Waals surface area contributed by atoms with Gasteiger partial charge in [0, 0.05) is 24.7 Å². The highest BCUT2D eigenvalue weighted by Crippen LogP contribution is 2.20. The fourth-order valence-electron chi connectivity index (χ4n) is 1.65. The molecule has 0 aliphatic heterocycles. The predicted octanol–water partition coefficient (Wildman–Crippen LogP) is 2.62. The second kappa shape index (κ2) is 6.16. The summed E-state index contributed by atoms with van der Waals surface area (Å²) in [6.45, 7) is 1.15. The second-order valence-electron chi connectivity index (χ2n) is 3.87. The van der Waals surface area contributed by atoms with Crippen molar-refractivity contribution in [3.63, 3.8) is 0 Å². The maximum absolute atomic E-state index is 10.7. The summed E-state index contributed by atoms with van der Waals surface area (Å²) >= 11 is 1.52. The number of thiazole rings is 1. The summed E-state index contributed by atoms with van der Waals surface area (Å²) in [4.78, 5) is 16.9. The lowest BCUT2D eigenvalue weighted by molar-refractivity contribution is -0.136. The molecule has 0 fully saturated rings. The van der Waals surface area contributed by atoms with E-state index in [0.29, 0.717) is 13.1 Å². The third-order valence-electron chi connectivity index (χ3n) is 2.50. The van der Waals surface area contributed by atoms with Gasteiger partial charge >= 0.3 is 5.97 Å². The van der Waals surface area contributed by atoms with Gasteiger partial charge in [-0.05, 0) is 5.56 Å². The van der Waals surface area contributed by atoms with E-state index in [1.807, 2.05) is 40.6 Å². The Labute approximate surface area is 110 Å². The highest BCUT2D eigenvalue weighted by Gasteiger charge is 2.11. The maximum Gasteiger partial charge on any atom is 0.305 e. The summed E-state index contributed by atoms with van der Waals surface area (Å²) in [5.74, 6) is -0.787. The van der Waals surface area contributed by atoms with Crippen LogP contribution in [0.2, 0.25) is 0 Å². The van der Waals surface area contributed by atoms with Crippen LogP contribution >= 0.6 is 11.3 Å². The average Bonchev–Trinajstić information content (AvgIpc) is 2.89. The minimum absolute atomic E-state index is 0.117. The third-order valence-corrected chi connectivity index (χ3v) is 3.33. The third kappa shape index (κ3) is 3.56. The molecule has 1 aromatic heterocycles. The van der Waals surface area contributed by atoms with Crippen molar-refractivity contribution in [2.75, 3.05) is 11.4 Å². The van der Waals surface area contributed by atoms with Crippen LogP contribution < -0.4 is 4.90 Å². The Morgan fingerprint density at radius 1 is 1.33 bits per heavy atom. The SMILES string of the molecule is O=C(O)CCN(Cc1ccccc1)c1nccs1. The smallest absolute Gasteiger partial charge is 0.305 e. The minimum atomic E-state index is -0.787. The number of carboxylic acid groups (broad SMARTS) is 1. The fraction of sp³-hybridized carbons (Fsp3) is 0.231. The zero-order valence-electron chi connectivity index (χ0n) is 9.82. The monoisotopic (exact) mass is 262 g/mol. The van der Waals surface area contributed by atoms with Crippen LogP contribution in [0.5, 0.6) is 0 Å². The van der Waals surface area contributed by atoms with Crippen molar-refractivity contribution in [1.82, 2.24) is 4.98 Å². The molecular formula is C13H14N2O2S. The zero-order chi connectivity index (χ0) is 12.8. The number of carboxylic acids is 1. The lowest BCUT2D eigenvalue weighted by atomic mass is 10.2. The molecule has 1 N–H and O–H groups in total. The first kappa shape index (κ1) is 12.6. The number of aliphatic carboxylic acids is 1. The van der Waals surface area contributed by atoms with E-state index in [0.717, 1.165) is 10.7 Å². The average molecular weight is 262 g/mol. The molecule has 0 unspecified atom stereocenters. The Bertz CT molecular complexity index is 485. The van der Waals surface area contributed by atoms with Gasteiger partial charge in [0.05, 0.1) is 6.42 Å². The van der Waals surface area contributed by atoms with Crippen LogP contribution in [0.15, 0.2) is 41.9 Å². The van der Waals surface area contributed by atoms with E-state index in [2.05, 4.69) is 4.98 Å². The van der Waals surface area contributed by atoms with Gasteiger partial charge in [-0.2, -0.15) is 0 Å². The summed E-state index contributed by atoms with van der Waals surface area (Å²) in [5.41, 5.74) is 1.15. The molecule has 1 heterocycles. The summed E-state index contributed by atoms with van der Waals surface area (Å²) in [6.07, 6.45) is 1.85. The topological polar surface area (TPSA) is 53.4 Å². The van der Waals surface area contributed by atoms with Crippen molar-refractivity contribution >= 4 is 22.4 Å². The highest BCUT2D eigenvalue weighted by molar-refractivity contribution is 7.13. The standard InChI is InChI=1S/C13H14N2O2S/c16-12(17)6-8-15(13-14-7-9-18-13)10-11-4-2-1-3-5-11/h1-5,7,9H,6,8,10H2,(H,16,17). The van der Waals surface area contributed by atoms with Gasteiger partial charge in [-0.1, -0.05) is 30.3 Å². The van der Waals surface area contributed by atoms with Crippen LogP contribution in [0.3, 0.4) is 0 Å². The molecule has 4 nitrogen and oxygen atoms in total. The molecule has 2 aromatic rings. The Morgan fingerprint density at radius 2 is 2.11 bits per heavy atom. The lowest BCUT2D eigenvalue weighted by Crippen LogP contribution is -2.25. The van der Waals surface area contributed by atoms with Gasteiger partial charge in [0.15, 0.2) is 5.13 Å². The van der Waals surface area contributed by atoms with Crippen LogP contribution in [0.1, 0.15) is 12.0 Å². The van der Waals surface area contributed by atoms with Crippen LogP contribution in [-0.4, -0.2) is 22.6 Å². The van der Waals surface area contributed by atoms with Crippen LogP contribution in [0, 0.1) is 0 Å².